The van der Waals surface area contributed by atoms with Crippen LogP contribution in [0.4, 0.5) is 5.69 Å². The Hall–Kier alpha value is -3.47. The van der Waals surface area contributed by atoms with E-state index in [2.05, 4.69) is 24.4 Å². The van der Waals surface area contributed by atoms with Gasteiger partial charge in [0.1, 0.15) is 6.17 Å². The molecule has 4 rings (SSSR count). The Morgan fingerprint density at radius 3 is 2.53 bits per heavy atom. The van der Waals surface area contributed by atoms with E-state index in [1.807, 2.05) is 65.6 Å². The molecular formula is C27H30N2O3. The first-order valence-electron chi connectivity index (χ1n) is 11.2. The molecule has 0 radical (unpaired) electrons. The van der Waals surface area contributed by atoms with E-state index in [-0.39, 0.29) is 12.1 Å². The average molecular weight is 431 g/mol. The zero-order valence-electron chi connectivity index (χ0n) is 18.7. The molecule has 0 saturated heterocycles. The number of fused-ring (bicyclic) bond motifs is 1. The summed E-state index contributed by atoms with van der Waals surface area (Å²) in [6.45, 7) is 3.39. The van der Waals surface area contributed by atoms with E-state index in [0.29, 0.717) is 30.2 Å². The highest BCUT2D eigenvalue weighted by molar-refractivity contribution is 6.01. The molecule has 0 spiro atoms. The third-order valence-corrected chi connectivity index (χ3v) is 5.77. The van der Waals surface area contributed by atoms with Crippen molar-refractivity contribution in [3.8, 4) is 11.5 Å². The molecule has 1 unspecified atom stereocenters. The van der Waals surface area contributed by atoms with Gasteiger partial charge in [-0.05, 0) is 41.8 Å². The molecular weight excluding hydrogens is 400 g/mol. The molecule has 1 atom stereocenters. The number of amides is 1. The number of methoxy groups -OCH3 is 1. The molecule has 166 valence electrons. The quantitative estimate of drug-likeness (QED) is 0.474. The van der Waals surface area contributed by atoms with E-state index in [4.69, 9.17) is 9.47 Å². The van der Waals surface area contributed by atoms with Crippen LogP contribution in [-0.4, -0.2) is 31.1 Å². The van der Waals surface area contributed by atoms with Gasteiger partial charge >= 0.3 is 0 Å². The van der Waals surface area contributed by atoms with E-state index in [1.54, 1.807) is 7.11 Å². The summed E-state index contributed by atoms with van der Waals surface area (Å²) in [7, 11) is 1.65. The highest BCUT2D eigenvalue weighted by atomic mass is 16.5. The fourth-order valence-corrected chi connectivity index (χ4v) is 4.01. The van der Waals surface area contributed by atoms with E-state index < -0.39 is 0 Å². The molecule has 1 heterocycles. The topological polar surface area (TPSA) is 50.8 Å². The van der Waals surface area contributed by atoms with Gasteiger partial charge in [0, 0.05) is 18.7 Å². The van der Waals surface area contributed by atoms with Crippen LogP contribution in [0, 0.1) is 0 Å². The Bertz CT molecular complexity index is 1050. The van der Waals surface area contributed by atoms with Gasteiger partial charge in [0.05, 0.1) is 19.3 Å². The summed E-state index contributed by atoms with van der Waals surface area (Å²) in [6.07, 6.45) is 2.54. The van der Waals surface area contributed by atoms with Gasteiger partial charge < -0.3 is 19.7 Å². The van der Waals surface area contributed by atoms with Gasteiger partial charge in [0.25, 0.3) is 5.91 Å². The third-order valence-electron chi connectivity index (χ3n) is 5.77. The molecule has 32 heavy (non-hydrogen) atoms. The van der Waals surface area contributed by atoms with Gasteiger partial charge in [-0.2, -0.15) is 0 Å². The van der Waals surface area contributed by atoms with Crippen LogP contribution in [0.2, 0.25) is 0 Å². The molecule has 0 aliphatic carbocycles. The molecule has 1 N–H and O–H groups in total. The van der Waals surface area contributed by atoms with E-state index in [0.717, 1.165) is 30.5 Å². The fourth-order valence-electron chi connectivity index (χ4n) is 4.01. The summed E-state index contributed by atoms with van der Waals surface area (Å²) in [5.41, 5.74) is 3.78. The zero-order chi connectivity index (χ0) is 22.3. The molecule has 1 aliphatic heterocycles. The number of benzene rings is 3. The molecule has 3 aromatic carbocycles. The van der Waals surface area contributed by atoms with Crippen LogP contribution in [0.3, 0.4) is 0 Å². The molecule has 5 nitrogen and oxygen atoms in total. The first-order chi connectivity index (χ1) is 15.7. The molecule has 1 aliphatic rings. The molecule has 0 fully saturated rings. The smallest absolute Gasteiger partial charge is 0.257 e. The number of rotatable bonds is 9. The van der Waals surface area contributed by atoms with Crippen LogP contribution in [-0.2, 0) is 6.42 Å². The Morgan fingerprint density at radius 1 is 0.969 bits per heavy atom. The number of nitrogens with zero attached hydrogens (tertiary/aromatic N) is 1. The second kappa shape index (κ2) is 10.2. The third kappa shape index (κ3) is 4.72. The van der Waals surface area contributed by atoms with Crippen molar-refractivity contribution in [1.82, 2.24) is 4.90 Å². The first kappa shape index (κ1) is 21.8. The maximum Gasteiger partial charge on any atom is 0.257 e. The second-order valence-electron chi connectivity index (χ2n) is 7.94. The normalized spacial score (nSPS) is 15.1. The lowest BCUT2D eigenvalue weighted by atomic mass is 10.0. The highest BCUT2D eigenvalue weighted by Crippen LogP contribution is 2.37. The first-order valence-corrected chi connectivity index (χ1v) is 11.2. The predicted octanol–water partition coefficient (Wildman–Crippen LogP) is 5.68. The number of ether oxygens (including phenoxy) is 2. The summed E-state index contributed by atoms with van der Waals surface area (Å²) < 4.78 is 11.7. The number of nitrogens with one attached hydrogen (secondary N) is 1. The van der Waals surface area contributed by atoms with Crippen molar-refractivity contribution in [3.63, 3.8) is 0 Å². The Morgan fingerprint density at radius 2 is 1.75 bits per heavy atom. The highest BCUT2D eigenvalue weighted by Gasteiger charge is 2.32. The van der Waals surface area contributed by atoms with Crippen LogP contribution in [0.25, 0.3) is 0 Å². The van der Waals surface area contributed by atoms with E-state index in [1.165, 1.54) is 5.56 Å². The summed E-state index contributed by atoms with van der Waals surface area (Å²) in [5.74, 6) is 1.42. The molecule has 5 heteroatoms. The van der Waals surface area contributed by atoms with Gasteiger partial charge in [-0.25, -0.2) is 0 Å². The van der Waals surface area contributed by atoms with Gasteiger partial charge in [-0.15, -0.1) is 0 Å². The van der Waals surface area contributed by atoms with Crippen LogP contribution in [0.1, 0.15) is 47.4 Å². The Balaban J connectivity index is 1.55. The maximum absolute atomic E-state index is 13.2. The van der Waals surface area contributed by atoms with Crippen molar-refractivity contribution in [2.24, 2.45) is 0 Å². The minimum atomic E-state index is -0.254. The van der Waals surface area contributed by atoms with Gasteiger partial charge in [0.15, 0.2) is 11.5 Å². The molecule has 3 aromatic rings. The lowest BCUT2D eigenvalue weighted by Crippen LogP contribution is -2.43. The number of carbonyl (C=O) groups is 1. The minimum absolute atomic E-state index is 0.0555. The van der Waals surface area contributed by atoms with Crippen molar-refractivity contribution >= 4 is 11.6 Å². The van der Waals surface area contributed by atoms with Gasteiger partial charge in [0.2, 0.25) is 0 Å². The van der Waals surface area contributed by atoms with Crippen molar-refractivity contribution in [2.75, 3.05) is 25.6 Å². The molecule has 0 aromatic heterocycles. The molecule has 1 amide bonds. The van der Waals surface area contributed by atoms with Gasteiger partial charge in [-0.1, -0.05) is 61.9 Å². The summed E-state index contributed by atoms with van der Waals surface area (Å²) in [4.78, 5) is 15.1. The van der Waals surface area contributed by atoms with Crippen LogP contribution in [0.5, 0.6) is 11.5 Å². The number of hydrogen-bond donors (Lipinski definition) is 1. The summed E-state index contributed by atoms with van der Waals surface area (Å²) in [6, 6.07) is 23.9. The van der Waals surface area contributed by atoms with E-state index in [9.17, 15) is 4.79 Å². The van der Waals surface area contributed by atoms with E-state index >= 15 is 0 Å². The average Bonchev–Trinajstić information content (AvgIpc) is 2.84. The predicted molar refractivity (Wildman–Crippen MR) is 127 cm³/mol. The lowest BCUT2D eigenvalue weighted by Gasteiger charge is -2.38. The summed E-state index contributed by atoms with van der Waals surface area (Å²) >= 11 is 0. The lowest BCUT2D eigenvalue weighted by molar-refractivity contribution is 0.0680. The van der Waals surface area contributed by atoms with Crippen molar-refractivity contribution in [3.05, 3.63) is 89.5 Å². The van der Waals surface area contributed by atoms with Crippen molar-refractivity contribution in [2.45, 2.75) is 32.4 Å². The maximum atomic E-state index is 13.2. The standard InChI is InChI=1S/C27H30N2O3/c1-3-4-17-29-26(28-23-13-9-8-12-22(23)27(29)30)21-14-15-24(25(19-21)31-2)32-18-16-20-10-6-5-7-11-20/h5-15,19,26,28H,3-4,16-18H2,1-2H3. The van der Waals surface area contributed by atoms with Crippen molar-refractivity contribution < 1.29 is 14.3 Å². The van der Waals surface area contributed by atoms with Crippen LogP contribution in [0.15, 0.2) is 72.8 Å². The SMILES string of the molecule is CCCCN1C(=O)c2ccccc2NC1c1ccc(OCCc2ccccc2)c(OC)c1. The zero-order valence-corrected chi connectivity index (χ0v) is 18.7. The largest absolute Gasteiger partial charge is 0.493 e. The molecule has 0 bridgehead atoms. The van der Waals surface area contributed by atoms with Crippen LogP contribution < -0.4 is 14.8 Å². The number of hydrogen-bond acceptors (Lipinski definition) is 4. The monoisotopic (exact) mass is 430 g/mol. The summed E-state index contributed by atoms with van der Waals surface area (Å²) in [5, 5.41) is 3.55. The number of anilines is 1. The second-order valence-corrected chi connectivity index (χ2v) is 7.94. The number of carbonyl (C=O) groups excluding carboxylic acids is 1. The Labute approximate surface area is 190 Å². The number of para-hydroxylation sites is 1. The molecule has 0 saturated carbocycles. The van der Waals surface area contributed by atoms with Crippen LogP contribution >= 0.6 is 0 Å². The number of unbranched alkanes of at least 4 members (excludes halogenated alkanes) is 1. The minimum Gasteiger partial charge on any atom is -0.493 e. The van der Waals surface area contributed by atoms with Crippen molar-refractivity contribution in [1.29, 1.82) is 0 Å². The Kier molecular flexibility index (Phi) is 6.95. The van der Waals surface area contributed by atoms with Gasteiger partial charge in [-0.3, -0.25) is 4.79 Å². The fraction of sp³-hybridized carbons (Fsp3) is 0.296.